The van der Waals surface area contributed by atoms with Gasteiger partial charge in [0.05, 0.1) is 17.5 Å². The highest BCUT2D eigenvalue weighted by Crippen LogP contribution is 2.25. The first-order chi connectivity index (χ1) is 13.0. The van der Waals surface area contributed by atoms with Crippen molar-refractivity contribution < 1.29 is 24.2 Å². The van der Waals surface area contributed by atoms with Crippen LogP contribution in [0.4, 0.5) is 0 Å². The molecule has 0 spiro atoms. The van der Waals surface area contributed by atoms with E-state index in [0.717, 1.165) is 0 Å². The van der Waals surface area contributed by atoms with Crippen LogP contribution in [-0.2, 0) is 0 Å². The number of ketones is 2. The van der Waals surface area contributed by atoms with Gasteiger partial charge in [-0.2, -0.15) is 0 Å². The third kappa shape index (κ3) is 4.46. The first-order valence-corrected chi connectivity index (χ1v) is 8.26. The normalized spacial score (nSPS) is 10.2. The maximum atomic E-state index is 12.4. The molecule has 3 aromatic carbocycles. The fourth-order valence-electron chi connectivity index (χ4n) is 2.51. The minimum absolute atomic E-state index is 0.0716. The number of Topliss-reactive ketones (excluding diaryl/α,β-unsaturated/α-hetero) is 2. The molecule has 0 radical (unpaired) electrons. The van der Waals surface area contributed by atoms with Crippen molar-refractivity contribution in [3.05, 3.63) is 95.6 Å². The Bertz CT molecular complexity index is 978. The van der Waals surface area contributed by atoms with Crippen LogP contribution in [0.2, 0.25) is 0 Å². The molecule has 0 heterocycles. The van der Waals surface area contributed by atoms with Gasteiger partial charge in [0, 0.05) is 5.56 Å². The smallest absolute Gasteiger partial charge is 0.343 e. The molecule has 5 heteroatoms. The molecule has 0 aromatic heterocycles. The lowest BCUT2D eigenvalue weighted by Crippen LogP contribution is -2.11. The van der Waals surface area contributed by atoms with Gasteiger partial charge in [-0.1, -0.05) is 48.5 Å². The molecule has 1 N–H and O–H groups in total. The van der Waals surface area contributed by atoms with Gasteiger partial charge in [0.1, 0.15) is 11.5 Å². The average Bonchev–Trinajstić information content (AvgIpc) is 2.70. The van der Waals surface area contributed by atoms with Crippen molar-refractivity contribution in [1.29, 1.82) is 0 Å². The van der Waals surface area contributed by atoms with Gasteiger partial charge in [0.25, 0.3) is 0 Å². The molecule has 0 fully saturated rings. The molecular weight excluding hydrogens is 344 g/mol. The summed E-state index contributed by atoms with van der Waals surface area (Å²) in [7, 11) is 0. The van der Waals surface area contributed by atoms with E-state index < -0.39 is 18.2 Å². The first kappa shape index (κ1) is 18.1. The molecule has 0 unspecified atom stereocenters. The van der Waals surface area contributed by atoms with E-state index in [1.54, 1.807) is 60.7 Å². The number of phenolic OH excluding ortho intramolecular Hbond substituents is 1. The summed E-state index contributed by atoms with van der Waals surface area (Å²) in [6.07, 6.45) is -0.395. The Hall–Kier alpha value is -3.73. The molecule has 3 rings (SSSR count). The standard InChI is InChI=1S/C22H16O5/c23-19-12-11-17(27-22(26)16-9-5-2-6-10-16)13-18(19)21(25)14-20(24)15-7-3-1-4-8-15/h1-13,23H,14H2. The van der Waals surface area contributed by atoms with Crippen molar-refractivity contribution in [2.24, 2.45) is 0 Å². The highest BCUT2D eigenvalue weighted by Gasteiger charge is 2.18. The van der Waals surface area contributed by atoms with Gasteiger partial charge in [-0.3, -0.25) is 9.59 Å². The lowest BCUT2D eigenvalue weighted by molar-refractivity contribution is 0.0732. The van der Waals surface area contributed by atoms with Crippen LogP contribution >= 0.6 is 0 Å². The van der Waals surface area contributed by atoms with E-state index in [-0.39, 0.29) is 22.8 Å². The number of carbonyl (C=O) groups excluding carboxylic acids is 3. The summed E-state index contributed by atoms with van der Waals surface area (Å²) in [6, 6.07) is 20.7. The van der Waals surface area contributed by atoms with Crippen LogP contribution in [0.25, 0.3) is 0 Å². The molecule has 0 aliphatic heterocycles. The lowest BCUT2D eigenvalue weighted by atomic mass is 10.0. The number of rotatable bonds is 6. The van der Waals surface area contributed by atoms with Crippen molar-refractivity contribution in [1.82, 2.24) is 0 Å². The Morgan fingerprint density at radius 1 is 0.741 bits per heavy atom. The van der Waals surface area contributed by atoms with E-state index in [4.69, 9.17) is 4.74 Å². The predicted molar refractivity (Wildman–Crippen MR) is 99.2 cm³/mol. The number of aromatic hydroxyl groups is 1. The summed E-state index contributed by atoms with van der Waals surface area (Å²) in [5.74, 6) is -1.66. The van der Waals surface area contributed by atoms with Gasteiger partial charge in [0.15, 0.2) is 11.6 Å². The Kier molecular flexibility index (Phi) is 5.42. The number of hydrogen-bond acceptors (Lipinski definition) is 5. The monoisotopic (exact) mass is 360 g/mol. The molecule has 27 heavy (non-hydrogen) atoms. The SMILES string of the molecule is O=C(CC(=O)c1cc(OC(=O)c2ccccc2)ccc1O)c1ccccc1. The summed E-state index contributed by atoms with van der Waals surface area (Å²) in [5.41, 5.74) is 0.701. The van der Waals surface area contributed by atoms with E-state index in [2.05, 4.69) is 0 Å². The highest BCUT2D eigenvalue weighted by atomic mass is 16.5. The van der Waals surface area contributed by atoms with E-state index in [1.807, 2.05) is 0 Å². The summed E-state index contributed by atoms with van der Waals surface area (Å²) in [6.45, 7) is 0. The molecule has 3 aromatic rings. The maximum absolute atomic E-state index is 12.4. The fourth-order valence-corrected chi connectivity index (χ4v) is 2.51. The topological polar surface area (TPSA) is 80.7 Å². The minimum atomic E-state index is -0.583. The first-order valence-electron chi connectivity index (χ1n) is 8.26. The zero-order valence-electron chi connectivity index (χ0n) is 14.3. The molecule has 134 valence electrons. The number of esters is 1. The van der Waals surface area contributed by atoms with Crippen LogP contribution in [0.5, 0.6) is 11.5 Å². The number of ether oxygens (including phenoxy) is 1. The predicted octanol–water partition coefficient (Wildman–Crippen LogP) is 4.07. The van der Waals surface area contributed by atoms with Crippen LogP contribution in [0.15, 0.2) is 78.9 Å². The maximum Gasteiger partial charge on any atom is 0.343 e. The van der Waals surface area contributed by atoms with Crippen molar-refractivity contribution in [3.8, 4) is 11.5 Å². The average molecular weight is 360 g/mol. The van der Waals surface area contributed by atoms with Crippen LogP contribution in [0.3, 0.4) is 0 Å². The summed E-state index contributed by atoms with van der Waals surface area (Å²) in [5, 5.41) is 9.97. The molecule has 0 atom stereocenters. The summed E-state index contributed by atoms with van der Waals surface area (Å²) in [4.78, 5) is 36.8. The molecular formula is C22H16O5. The van der Waals surface area contributed by atoms with E-state index in [1.165, 1.54) is 18.2 Å². The second kappa shape index (κ2) is 8.10. The minimum Gasteiger partial charge on any atom is -0.507 e. The molecule has 0 bridgehead atoms. The van der Waals surface area contributed by atoms with Crippen LogP contribution in [0.1, 0.15) is 37.5 Å². The zero-order valence-corrected chi connectivity index (χ0v) is 14.3. The molecule has 0 saturated carbocycles. The summed E-state index contributed by atoms with van der Waals surface area (Å²) < 4.78 is 5.25. The number of phenols is 1. The molecule has 0 aliphatic rings. The largest absolute Gasteiger partial charge is 0.507 e. The zero-order chi connectivity index (χ0) is 19.2. The van der Waals surface area contributed by atoms with Crippen LogP contribution < -0.4 is 4.74 Å². The molecule has 0 amide bonds. The van der Waals surface area contributed by atoms with Crippen LogP contribution in [-0.4, -0.2) is 22.6 Å². The third-order valence-electron chi connectivity index (χ3n) is 3.91. The van der Waals surface area contributed by atoms with E-state index in [0.29, 0.717) is 11.1 Å². The van der Waals surface area contributed by atoms with Gasteiger partial charge in [-0.05, 0) is 30.3 Å². The number of carbonyl (C=O) groups is 3. The lowest BCUT2D eigenvalue weighted by Gasteiger charge is -2.08. The van der Waals surface area contributed by atoms with Crippen molar-refractivity contribution in [3.63, 3.8) is 0 Å². The Morgan fingerprint density at radius 2 is 1.33 bits per heavy atom. The third-order valence-corrected chi connectivity index (χ3v) is 3.91. The van der Waals surface area contributed by atoms with Crippen molar-refractivity contribution >= 4 is 17.5 Å². The van der Waals surface area contributed by atoms with Gasteiger partial charge >= 0.3 is 5.97 Å². The Labute approximate surface area is 155 Å². The van der Waals surface area contributed by atoms with Gasteiger partial charge in [0.2, 0.25) is 0 Å². The number of hydrogen-bond donors (Lipinski definition) is 1. The Morgan fingerprint density at radius 3 is 1.96 bits per heavy atom. The van der Waals surface area contributed by atoms with E-state index in [9.17, 15) is 19.5 Å². The van der Waals surface area contributed by atoms with Gasteiger partial charge in [-0.25, -0.2) is 4.79 Å². The van der Waals surface area contributed by atoms with E-state index >= 15 is 0 Å². The second-order valence-corrected chi connectivity index (χ2v) is 5.82. The van der Waals surface area contributed by atoms with Gasteiger partial charge in [-0.15, -0.1) is 0 Å². The summed E-state index contributed by atoms with van der Waals surface area (Å²) >= 11 is 0. The molecule has 5 nitrogen and oxygen atoms in total. The second-order valence-electron chi connectivity index (χ2n) is 5.82. The highest BCUT2D eigenvalue weighted by molar-refractivity contribution is 6.14. The molecule has 0 saturated heterocycles. The van der Waals surface area contributed by atoms with Crippen molar-refractivity contribution in [2.45, 2.75) is 6.42 Å². The van der Waals surface area contributed by atoms with Gasteiger partial charge < -0.3 is 9.84 Å². The van der Waals surface area contributed by atoms with Crippen molar-refractivity contribution in [2.75, 3.05) is 0 Å². The van der Waals surface area contributed by atoms with Crippen LogP contribution in [0, 0.1) is 0 Å². The fraction of sp³-hybridized carbons (Fsp3) is 0.0455. The quantitative estimate of drug-likeness (QED) is 0.310. The Balaban J connectivity index is 1.76. The number of benzene rings is 3. The molecule has 0 aliphatic carbocycles.